The molecular formula is C20H32N2O2. The van der Waals surface area contributed by atoms with Gasteiger partial charge in [-0.2, -0.15) is 0 Å². The average molecular weight is 332 g/mol. The summed E-state index contributed by atoms with van der Waals surface area (Å²) in [6.07, 6.45) is 6.86. The van der Waals surface area contributed by atoms with Crippen LogP contribution in [0.1, 0.15) is 44.1 Å². The molecule has 0 aromatic heterocycles. The fourth-order valence-electron chi connectivity index (χ4n) is 3.76. The van der Waals surface area contributed by atoms with Gasteiger partial charge in [0.25, 0.3) is 0 Å². The molecule has 0 saturated carbocycles. The molecule has 2 fully saturated rings. The smallest absolute Gasteiger partial charge is 0.119 e. The first-order valence-electron chi connectivity index (χ1n) is 9.64. The van der Waals surface area contributed by atoms with E-state index < -0.39 is 0 Å². The third-order valence-electron chi connectivity index (χ3n) is 5.22. The maximum absolute atomic E-state index is 9.77. The molecule has 2 heterocycles. The Morgan fingerprint density at radius 1 is 0.958 bits per heavy atom. The molecule has 2 aliphatic heterocycles. The number of ether oxygens (including phenoxy) is 1. The monoisotopic (exact) mass is 332 g/mol. The SMILES string of the molecule is O[C@H]1CCCN(Cc2cccc(OCCN3CCCCC3)c2)CC1. The molecule has 1 aromatic carbocycles. The van der Waals surface area contributed by atoms with Gasteiger partial charge in [0.1, 0.15) is 12.4 Å². The van der Waals surface area contributed by atoms with Gasteiger partial charge in [-0.15, -0.1) is 0 Å². The van der Waals surface area contributed by atoms with E-state index >= 15 is 0 Å². The van der Waals surface area contributed by atoms with Crippen LogP contribution >= 0.6 is 0 Å². The second kappa shape index (κ2) is 9.40. The van der Waals surface area contributed by atoms with E-state index in [1.807, 2.05) is 0 Å². The Balaban J connectivity index is 1.44. The predicted molar refractivity (Wildman–Crippen MR) is 97.4 cm³/mol. The average Bonchev–Trinajstić information content (AvgIpc) is 2.81. The van der Waals surface area contributed by atoms with Crippen LogP contribution in [0.15, 0.2) is 24.3 Å². The van der Waals surface area contributed by atoms with Crippen LogP contribution < -0.4 is 4.74 Å². The molecule has 0 amide bonds. The molecule has 0 unspecified atom stereocenters. The molecule has 3 rings (SSSR count). The summed E-state index contributed by atoms with van der Waals surface area (Å²) in [5.74, 6) is 0.986. The van der Waals surface area contributed by atoms with Crippen molar-refractivity contribution in [1.82, 2.24) is 9.80 Å². The third kappa shape index (κ3) is 5.76. The molecule has 24 heavy (non-hydrogen) atoms. The highest BCUT2D eigenvalue weighted by atomic mass is 16.5. The topological polar surface area (TPSA) is 35.9 Å². The molecule has 0 radical (unpaired) electrons. The number of nitrogens with zero attached hydrogens (tertiary/aromatic N) is 2. The van der Waals surface area contributed by atoms with Crippen LogP contribution in [0.4, 0.5) is 0 Å². The molecule has 1 atom stereocenters. The van der Waals surface area contributed by atoms with E-state index in [2.05, 4.69) is 34.1 Å². The zero-order chi connectivity index (χ0) is 16.6. The molecule has 2 aliphatic rings. The molecular weight excluding hydrogens is 300 g/mol. The van der Waals surface area contributed by atoms with Crippen molar-refractivity contribution < 1.29 is 9.84 Å². The lowest BCUT2D eigenvalue weighted by Gasteiger charge is -2.26. The van der Waals surface area contributed by atoms with Crippen molar-refractivity contribution in [3.63, 3.8) is 0 Å². The number of rotatable bonds is 6. The van der Waals surface area contributed by atoms with Crippen molar-refractivity contribution in [2.75, 3.05) is 39.3 Å². The minimum Gasteiger partial charge on any atom is -0.492 e. The number of aliphatic hydroxyl groups is 1. The van der Waals surface area contributed by atoms with Gasteiger partial charge in [0, 0.05) is 19.6 Å². The van der Waals surface area contributed by atoms with Gasteiger partial charge in [-0.1, -0.05) is 18.6 Å². The Morgan fingerprint density at radius 2 is 1.79 bits per heavy atom. The van der Waals surface area contributed by atoms with E-state index in [0.29, 0.717) is 0 Å². The number of piperidine rings is 1. The normalized spacial score (nSPS) is 23.8. The van der Waals surface area contributed by atoms with Crippen LogP contribution in [0.5, 0.6) is 5.75 Å². The molecule has 2 saturated heterocycles. The van der Waals surface area contributed by atoms with E-state index in [9.17, 15) is 5.11 Å². The van der Waals surface area contributed by atoms with Crippen LogP contribution in [0.2, 0.25) is 0 Å². The summed E-state index contributed by atoms with van der Waals surface area (Å²) in [4.78, 5) is 4.96. The first kappa shape index (κ1) is 17.7. The van der Waals surface area contributed by atoms with Gasteiger partial charge in [0.2, 0.25) is 0 Å². The standard InChI is InChI=1S/C20H32N2O2/c23-19-7-5-12-22(13-9-19)17-18-6-4-8-20(16-18)24-15-14-21-10-2-1-3-11-21/h4,6,8,16,19,23H,1-3,5,7,9-15,17H2/t19-/m0/s1. The highest BCUT2D eigenvalue weighted by Gasteiger charge is 2.15. The van der Waals surface area contributed by atoms with Gasteiger partial charge in [0.15, 0.2) is 0 Å². The second-order valence-corrected chi connectivity index (χ2v) is 7.26. The van der Waals surface area contributed by atoms with Crippen LogP contribution in [0.25, 0.3) is 0 Å². The number of hydrogen-bond donors (Lipinski definition) is 1. The zero-order valence-corrected chi connectivity index (χ0v) is 14.8. The number of hydrogen-bond acceptors (Lipinski definition) is 4. The van der Waals surface area contributed by atoms with E-state index in [0.717, 1.165) is 57.8 Å². The van der Waals surface area contributed by atoms with Crippen molar-refractivity contribution in [3.8, 4) is 5.75 Å². The van der Waals surface area contributed by atoms with Gasteiger partial charge in [-0.05, 0) is 69.4 Å². The van der Waals surface area contributed by atoms with Crippen LogP contribution in [-0.4, -0.2) is 60.3 Å². The Morgan fingerprint density at radius 3 is 2.67 bits per heavy atom. The van der Waals surface area contributed by atoms with Crippen molar-refractivity contribution in [2.45, 2.75) is 51.2 Å². The summed E-state index contributed by atoms with van der Waals surface area (Å²) in [5, 5.41) is 9.77. The van der Waals surface area contributed by atoms with Crippen molar-refractivity contribution >= 4 is 0 Å². The second-order valence-electron chi connectivity index (χ2n) is 7.26. The van der Waals surface area contributed by atoms with Crippen molar-refractivity contribution in [1.29, 1.82) is 0 Å². The number of aliphatic hydroxyl groups excluding tert-OH is 1. The largest absolute Gasteiger partial charge is 0.492 e. The minimum atomic E-state index is -0.112. The van der Waals surface area contributed by atoms with Crippen molar-refractivity contribution in [3.05, 3.63) is 29.8 Å². The van der Waals surface area contributed by atoms with Crippen LogP contribution in [-0.2, 0) is 6.54 Å². The highest BCUT2D eigenvalue weighted by Crippen LogP contribution is 2.18. The van der Waals surface area contributed by atoms with E-state index in [1.54, 1.807) is 0 Å². The lowest BCUT2D eigenvalue weighted by Crippen LogP contribution is -2.33. The van der Waals surface area contributed by atoms with E-state index in [1.165, 1.54) is 37.9 Å². The van der Waals surface area contributed by atoms with Crippen LogP contribution in [0, 0.1) is 0 Å². The first-order chi connectivity index (χ1) is 11.8. The van der Waals surface area contributed by atoms with Crippen molar-refractivity contribution in [2.24, 2.45) is 0 Å². The van der Waals surface area contributed by atoms with Gasteiger partial charge in [0.05, 0.1) is 6.10 Å². The Kier molecular flexibility index (Phi) is 6.94. The summed E-state index contributed by atoms with van der Waals surface area (Å²) in [7, 11) is 0. The predicted octanol–water partition coefficient (Wildman–Crippen LogP) is 2.90. The Bertz CT molecular complexity index is 488. The molecule has 134 valence electrons. The lowest BCUT2D eigenvalue weighted by molar-refractivity contribution is 0.154. The summed E-state index contributed by atoms with van der Waals surface area (Å²) in [6, 6.07) is 8.51. The summed E-state index contributed by atoms with van der Waals surface area (Å²) in [5.41, 5.74) is 1.31. The first-order valence-corrected chi connectivity index (χ1v) is 9.64. The quantitative estimate of drug-likeness (QED) is 0.869. The fraction of sp³-hybridized carbons (Fsp3) is 0.700. The molecule has 0 bridgehead atoms. The lowest BCUT2D eigenvalue weighted by atomic mass is 10.1. The highest BCUT2D eigenvalue weighted by molar-refractivity contribution is 5.28. The molecule has 0 spiro atoms. The van der Waals surface area contributed by atoms with Gasteiger partial charge < -0.3 is 9.84 Å². The third-order valence-corrected chi connectivity index (χ3v) is 5.22. The van der Waals surface area contributed by atoms with E-state index in [4.69, 9.17) is 4.74 Å². The molecule has 0 aliphatic carbocycles. The molecule has 4 heteroatoms. The van der Waals surface area contributed by atoms with Crippen LogP contribution in [0.3, 0.4) is 0 Å². The Hall–Kier alpha value is -1.10. The number of likely N-dealkylation sites (tertiary alicyclic amines) is 2. The Labute approximate surface area is 146 Å². The molecule has 4 nitrogen and oxygen atoms in total. The fourth-order valence-corrected chi connectivity index (χ4v) is 3.76. The maximum Gasteiger partial charge on any atom is 0.119 e. The summed E-state index contributed by atoms with van der Waals surface area (Å²) < 4.78 is 5.98. The zero-order valence-electron chi connectivity index (χ0n) is 14.8. The van der Waals surface area contributed by atoms with Gasteiger partial charge >= 0.3 is 0 Å². The summed E-state index contributed by atoms with van der Waals surface area (Å²) in [6.45, 7) is 7.29. The maximum atomic E-state index is 9.77. The molecule has 1 aromatic rings. The van der Waals surface area contributed by atoms with E-state index in [-0.39, 0.29) is 6.10 Å². The van der Waals surface area contributed by atoms with Gasteiger partial charge in [-0.25, -0.2) is 0 Å². The summed E-state index contributed by atoms with van der Waals surface area (Å²) >= 11 is 0. The number of benzene rings is 1. The van der Waals surface area contributed by atoms with Gasteiger partial charge in [-0.3, -0.25) is 9.80 Å². The minimum absolute atomic E-state index is 0.112. The molecule has 1 N–H and O–H groups in total.